The van der Waals surface area contributed by atoms with Crippen LogP contribution in [0.1, 0.15) is 24.8 Å². The van der Waals surface area contributed by atoms with Gasteiger partial charge >= 0.3 is 0 Å². The smallest absolute Gasteiger partial charge is 0.237 e. The van der Waals surface area contributed by atoms with Crippen LogP contribution < -0.4 is 15.4 Å². The molecule has 0 aliphatic carbocycles. The number of aromatic hydroxyl groups is 1. The molecule has 5 nitrogen and oxygen atoms in total. The number of methoxy groups -OCH3 is 1. The Morgan fingerprint density at radius 3 is 3.05 bits per heavy atom. The van der Waals surface area contributed by atoms with Gasteiger partial charge in [-0.3, -0.25) is 4.79 Å². The van der Waals surface area contributed by atoms with Gasteiger partial charge in [0, 0.05) is 13.1 Å². The van der Waals surface area contributed by atoms with E-state index < -0.39 is 0 Å². The van der Waals surface area contributed by atoms with E-state index in [1.54, 1.807) is 12.1 Å². The number of phenolic OH excluding ortho intramolecular Hbond substituents is 1. The third-order valence-electron chi connectivity index (χ3n) is 3.33. The summed E-state index contributed by atoms with van der Waals surface area (Å²) in [4.78, 5) is 11.8. The van der Waals surface area contributed by atoms with Gasteiger partial charge in [0.15, 0.2) is 11.5 Å². The first-order valence-electron chi connectivity index (χ1n) is 6.57. The van der Waals surface area contributed by atoms with Crippen molar-refractivity contribution in [3.8, 4) is 11.5 Å². The Balaban J connectivity index is 1.94. The molecule has 0 radical (unpaired) electrons. The normalized spacial score (nSPS) is 19.6. The van der Waals surface area contributed by atoms with Gasteiger partial charge in [-0.05, 0) is 37.0 Å². The lowest BCUT2D eigenvalue weighted by Gasteiger charge is -2.15. The monoisotopic (exact) mass is 264 g/mol. The molecule has 2 rings (SSSR count). The van der Waals surface area contributed by atoms with Crippen LogP contribution in [-0.2, 0) is 11.3 Å². The van der Waals surface area contributed by atoms with Crippen LogP contribution >= 0.6 is 0 Å². The van der Waals surface area contributed by atoms with Gasteiger partial charge in [-0.15, -0.1) is 0 Å². The van der Waals surface area contributed by atoms with Gasteiger partial charge in [0.2, 0.25) is 5.91 Å². The highest BCUT2D eigenvalue weighted by atomic mass is 16.5. The molecule has 1 fully saturated rings. The summed E-state index contributed by atoms with van der Waals surface area (Å²) in [6.07, 6.45) is 2.94. The molecule has 19 heavy (non-hydrogen) atoms. The average Bonchev–Trinajstić information content (AvgIpc) is 2.61. The SMILES string of the molecule is COc1ccc(CNC2CCCCNC2=O)cc1O. The number of hydrogen-bond donors (Lipinski definition) is 3. The summed E-state index contributed by atoms with van der Waals surface area (Å²) in [6, 6.07) is 5.10. The largest absolute Gasteiger partial charge is 0.504 e. The summed E-state index contributed by atoms with van der Waals surface area (Å²) in [6.45, 7) is 1.32. The van der Waals surface area contributed by atoms with Crippen molar-refractivity contribution >= 4 is 5.91 Å². The minimum Gasteiger partial charge on any atom is -0.504 e. The molecular formula is C14H20N2O3. The van der Waals surface area contributed by atoms with Crippen LogP contribution in [0.2, 0.25) is 0 Å². The zero-order valence-corrected chi connectivity index (χ0v) is 11.1. The molecular weight excluding hydrogens is 244 g/mol. The number of ether oxygens (including phenoxy) is 1. The molecule has 1 aliphatic heterocycles. The van der Waals surface area contributed by atoms with Crippen molar-refractivity contribution in [3.05, 3.63) is 23.8 Å². The van der Waals surface area contributed by atoms with E-state index in [4.69, 9.17) is 4.74 Å². The summed E-state index contributed by atoms with van der Waals surface area (Å²) in [5.41, 5.74) is 0.926. The second kappa shape index (κ2) is 6.43. The minimum atomic E-state index is -0.147. The third-order valence-corrected chi connectivity index (χ3v) is 3.33. The number of rotatable bonds is 4. The summed E-state index contributed by atoms with van der Waals surface area (Å²) in [7, 11) is 1.52. The predicted octanol–water partition coefficient (Wildman–Crippen LogP) is 1.16. The molecule has 1 aliphatic rings. The van der Waals surface area contributed by atoms with Crippen LogP contribution in [0.15, 0.2) is 18.2 Å². The van der Waals surface area contributed by atoms with Gasteiger partial charge in [-0.1, -0.05) is 6.07 Å². The Morgan fingerprint density at radius 1 is 1.47 bits per heavy atom. The molecule has 3 N–H and O–H groups in total. The zero-order valence-electron chi connectivity index (χ0n) is 11.1. The Bertz CT molecular complexity index is 448. The Morgan fingerprint density at radius 2 is 2.32 bits per heavy atom. The second-order valence-corrected chi connectivity index (χ2v) is 4.73. The van der Waals surface area contributed by atoms with E-state index in [1.807, 2.05) is 6.07 Å². The highest BCUT2D eigenvalue weighted by Gasteiger charge is 2.19. The van der Waals surface area contributed by atoms with Crippen molar-refractivity contribution in [2.75, 3.05) is 13.7 Å². The van der Waals surface area contributed by atoms with Crippen molar-refractivity contribution in [1.82, 2.24) is 10.6 Å². The van der Waals surface area contributed by atoms with Gasteiger partial charge < -0.3 is 20.5 Å². The Labute approximate surface area is 113 Å². The van der Waals surface area contributed by atoms with Crippen molar-refractivity contribution in [2.24, 2.45) is 0 Å². The number of phenols is 1. The minimum absolute atomic E-state index is 0.0650. The molecule has 0 bridgehead atoms. The number of benzene rings is 1. The summed E-state index contributed by atoms with van der Waals surface area (Å²) >= 11 is 0. The van der Waals surface area contributed by atoms with E-state index in [9.17, 15) is 9.90 Å². The molecule has 5 heteroatoms. The van der Waals surface area contributed by atoms with Crippen LogP contribution in [-0.4, -0.2) is 30.7 Å². The number of hydrogen-bond acceptors (Lipinski definition) is 4. The first-order chi connectivity index (χ1) is 9.20. The van der Waals surface area contributed by atoms with Crippen molar-refractivity contribution in [2.45, 2.75) is 31.8 Å². The van der Waals surface area contributed by atoms with Crippen molar-refractivity contribution in [3.63, 3.8) is 0 Å². The molecule has 0 spiro atoms. The summed E-state index contributed by atoms with van der Waals surface area (Å²) in [5, 5.41) is 15.8. The van der Waals surface area contributed by atoms with Crippen LogP contribution in [0.4, 0.5) is 0 Å². The molecule has 1 aromatic carbocycles. The van der Waals surface area contributed by atoms with Crippen LogP contribution in [0.3, 0.4) is 0 Å². The van der Waals surface area contributed by atoms with Gasteiger partial charge in [0.25, 0.3) is 0 Å². The summed E-state index contributed by atoms with van der Waals surface area (Å²) < 4.78 is 4.99. The second-order valence-electron chi connectivity index (χ2n) is 4.73. The first kappa shape index (κ1) is 13.7. The van der Waals surface area contributed by atoms with Crippen LogP contribution in [0.5, 0.6) is 11.5 Å². The van der Waals surface area contributed by atoms with Crippen molar-refractivity contribution in [1.29, 1.82) is 0 Å². The maximum Gasteiger partial charge on any atom is 0.237 e. The van der Waals surface area contributed by atoms with E-state index in [0.717, 1.165) is 31.4 Å². The molecule has 1 saturated heterocycles. The molecule has 1 amide bonds. The molecule has 104 valence electrons. The number of amides is 1. The fraction of sp³-hybridized carbons (Fsp3) is 0.500. The quantitative estimate of drug-likeness (QED) is 0.763. The van der Waals surface area contributed by atoms with E-state index >= 15 is 0 Å². The van der Waals surface area contributed by atoms with E-state index in [0.29, 0.717) is 12.3 Å². The maximum atomic E-state index is 11.8. The fourth-order valence-corrected chi connectivity index (χ4v) is 2.22. The lowest BCUT2D eigenvalue weighted by Crippen LogP contribution is -2.42. The van der Waals surface area contributed by atoms with E-state index in [1.165, 1.54) is 7.11 Å². The van der Waals surface area contributed by atoms with E-state index in [-0.39, 0.29) is 17.7 Å². The highest BCUT2D eigenvalue weighted by Crippen LogP contribution is 2.26. The topological polar surface area (TPSA) is 70.6 Å². The third kappa shape index (κ3) is 3.61. The highest BCUT2D eigenvalue weighted by molar-refractivity contribution is 5.81. The number of carbonyl (C=O) groups is 1. The maximum absolute atomic E-state index is 11.8. The lowest BCUT2D eigenvalue weighted by atomic mass is 10.1. The molecule has 1 atom stereocenters. The van der Waals surface area contributed by atoms with Crippen LogP contribution in [0, 0.1) is 0 Å². The van der Waals surface area contributed by atoms with Crippen molar-refractivity contribution < 1.29 is 14.6 Å². The predicted molar refractivity (Wildman–Crippen MR) is 72.1 cm³/mol. The average molecular weight is 264 g/mol. The summed E-state index contributed by atoms with van der Waals surface area (Å²) in [5.74, 6) is 0.637. The molecule has 0 saturated carbocycles. The fourth-order valence-electron chi connectivity index (χ4n) is 2.22. The zero-order chi connectivity index (χ0) is 13.7. The van der Waals surface area contributed by atoms with E-state index in [2.05, 4.69) is 10.6 Å². The standard InChI is InChI=1S/C14H20N2O3/c1-19-13-6-5-10(8-12(13)17)9-16-11-4-2-3-7-15-14(11)18/h5-6,8,11,16-17H,2-4,7,9H2,1H3,(H,15,18). The molecule has 1 aromatic rings. The van der Waals surface area contributed by atoms with Gasteiger partial charge in [-0.25, -0.2) is 0 Å². The van der Waals surface area contributed by atoms with Crippen LogP contribution in [0.25, 0.3) is 0 Å². The lowest BCUT2D eigenvalue weighted by molar-refractivity contribution is -0.122. The van der Waals surface area contributed by atoms with Gasteiger partial charge in [0.1, 0.15) is 0 Å². The molecule has 1 heterocycles. The number of nitrogens with one attached hydrogen (secondary N) is 2. The van der Waals surface area contributed by atoms with Gasteiger partial charge in [-0.2, -0.15) is 0 Å². The van der Waals surface area contributed by atoms with Gasteiger partial charge in [0.05, 0.1) is 13.2 Å². The Kier molecular flexibility index (Phi) is 4.63. The molecule has 0 aromatic heterocycles. The Hall–Kier alpha value is -1.75. The molecule has 1 unspecified atom stereocenters. The first-order valence-corrected chi connectivity index (χ1v) is 6.57. The number of carbonyl (C=O) groups excluding carboxylic acids is 1.